The lowest BCUT2D eigenvalue weighted by Gasteiger charge is -2.29. The average molecular weight is 789 g/mol. The van der Waals surface area contributed by atoms with Gasteiger partial charge in [0.1, 0.15) is 0 Å². The maximum absolute atomic E-state index is 12.2. The number of hydrogen-bond acceptors (Lipinski definition) is 6. The number of anilines is 2. The Bertz CT molecular complexity index is 1590. The Morgan fingerprint density at radius 2 is 1.04 bits per heavy atom. The van der Waals surface area contributed by atoms with Crippen LogP contribution < -0.4 is 16.0 Å². The SMILES string of the molecule is C.Cl.O=C(Nc1ccc(CCl)cc1)c1ccc(Cl)cc1.O=C(Nc1ccc(CN2CCC(O)CC2)cc1)c1ccc(Cl)cc1.OC1CCNCC1.[B]. The van der Waals surface area contributed by atoms with E-state index in [1.807, 2.05) is 48.5 Å². The molecule has 0 saturated carbocycles. The fourth-order valence-electron chi connectivity index (χ4n) is 5.12. The van der Waals surface area contributed by atoms with Gasteiger partial charge in [-0.1, -0.05) is 54.9 Å². The van der Waals surface area contributed by atoms with Gasteiger partial charge in [0.05, 0.1) is 12.2 Å². The zero-order chi connectivity index (χ0) is 35.0. The Morgan fingerprint density at radius 3 is 1.40 bits per heavy atom. The molecule has 3 radical (unpaired) electrons. The van der Waals surface area contributed by atoms with E-state index in [9.17, 15) is 14.7 Å². The number of likely N-dealkylation sites (tertiary alicyclic amines) is 1. The third-order valence-electron chi connectivity index (χ3n) is 8.06. The van der Waals surface area contributed by atoms with E-state index in [0.29, 0.717) is 27.1 Å². The summed E-state index contributed by atoms with van der Waals surface area (Å²) in [6, 6.07) is 28.9. The average Bonchev–Trinajstić information content (AvgIpc) is 3.12. The van der Waals surface area contributed by atoms with Crippen molar-refractivity contribution in [2.45, 2.75) is 57.7 Å². The zero-order valence-electron chi connectivity index (χ0n) is 28.2. The number of halogens is 4. The second-order valence-electron chi connectivity index (χ2n) is 11.9. The third-order valence-corrected chi connectivity index (χ3v) is 8.88. The van der Waals surface area contributed by atoms with Crippen LogP contribution in [0.15, 0.2) is 97.1 Å². The second-order valence-corrected chi connectivity index (χ2v) is 13.1. The summed E-state index contributed by atoms with van der Waals surface area (Å²) < 4.78 is 0. The highest BCUT2D eigenvalue weighted by Crippen LogP contribution is 2.18. The first-order valence-electron chi connectivity index (χ1n) is 16.4. The lowest BCUT2D eigenvalue weighted by molar-refractivity contribution is 0.0792. The number of nitrogens with zero attached hydrogens (tertiary/aromatic N) is 1. The number of carbonyl (C=O) groups excluding carboxylic acids is 2. The molecule has 5 N–H and O–H groups in total. The predicted octanol–water partition coefficient (Wildman–Crippen LogP) is 8.29. The molecule has 4 aromatic rings. The van der Waals surface area contributed by atoms with Crippen LogP contribution in [0.1, 0.15) is 65.0 Å². The van der Waals surface area contributed by atoms with Gasteiger partial charge in [-0.25, -0.2) is 0 Å². The number of carbonyl (C=O) groups is 2. The fourth-order valence-corrected chi connectivity index (χ4v) is 5.55. The molecule has 2 amide bonds. The molecule has 52 heavy (non-hydrogen) atoms. The van der Waals surface area contributed by atoms with Gasteiger partial charge in [0, 0.05) is 66.5 Å². The number of piperidine rings is 2. The maximum Gasteiger partial charge on any atom is 0.255 e. The van der Waals surface area contributed by atoms with Gasteiger partial charge in [-0.2, -0.15) is 0 Å². The molecule has 0 unspecified atom stereocenters. The maximum atomic E-state index is 12.2. The van der Waals surface area contributed by atoms with Crippen molar-refractivity contribution in [2.24, 2.45) is 0 Å². The van der Waals surface area contributed by atoms with E-state index < -0.39 is 0 Å². The first-order valence-corrected chi connectivity index (χ1v) is 17.6. The standard InChI is InChI=1S/C19H21ClN2O2.C14H11Cl2NO.C5H11NO.CH4.B.ClH/c20-16-5-3-15(4-6-16)19(24)21-17-7-1-14(2-8-17)13-22-11-9-18(23)10-12-22;15-9-10-1-7-13(8-2-10)17-14(18)11-3-5-12(16)6-4-11;7-5-1-3-6-4-2-5;;;/h1-8,18,23H,9-13H2,(H,21,24);1-8H,9H2,(H,17,18);5-7H,1-4H2;1H4;;1H. The largest absolute Gasteiger partial charge is 0.393 e. The highest BCUT2D eigenvalue weighted by atomic mass is 35.5. The molecular weight excluding hydrogens is 741 g/mol. The fraction of sp³-hybridized carbons (Fsp3) is 0.333. The Kier molecular flexibility index (Phi) is 22.6. The van der Waals surface area contributed by atoms with Crippen molar-refractivity contribution in [1.82, 2.24) is 10.2 Å². The van der Waals surface area contributed by atoms with Gasteiger partial charge < -0.3 is 26.2 Å². The highest BCUT2D eigenvalue weighted by molar-refractivity contribution is 6.31. The minimum absolute atomic E-state index is 0. The van der Waals surface area contributed by atoms with E-state index in [4.69, 9.17) is 39.9 Å². The minimum atomic E-state index is -0.162. The van der Waals surface area contributed by atoms with Gasteiger partial charge in [0.2, 0.25) is 0 Å². The number of aliphatic hydroxyl groups excluding tert-OH is 2. The molecule has 2 aliphatic rings. The van der Waals surface area contributed by atoms with E-state index >= 15 is 0 Å². The molecule has 279 valence electrons. The van der Waals surface area contributed by atoms with Gasteiger partial charge in [0.25, 0.3) is 11.8 Å². The van der Waals surface area contributed by atoms with Crippen molar-refractivity contribution in [3.63, 3.8) is 0 Å². The normalized spacial score (nSPS) is 14.3. The molecule has 2 heterocycles. The number of benzene rings is 4. The van der Waals surface area contributed by atoms with Crippen LogP contribution in [0.4, 0.5) is 11.4 Å². The van der Waals surface area contributed by atoms with E-state index in [1.54, 1.807) is 48.5 Å². The monoisotopic (exact) mass is 787 g/mol. The molecule has 2 saturated heterocycles. The van der Waals surface area contributed by atoms with Gasteiger partial charge in [-0.15, -0.1) is 24.0 Å². The van der Waals surface area contributed by atoms with Crippen molar-refractivity contribution in [2.75, 3.05) is 36.8 Å². The number of hydrogen-bond donors (Lipinski definition) is 5. The Hall–Kier alpha value is -3.12. The van der Waals surface area contributed by atoms with Crippen molar-refractivity contribution in [3.8, 4) is 0 Å². The van der Waals surface area contributed by atoms with Crippen LogP contribution in [0, 0.1) is 0 Å². The number of aliphatic hydroxyl groups is 2. The molecule has 0 atom stereocenters. The molecule has 4 aromatic carbocycles. The first kappa shape index (κ1) is 46.9. The molecule has 6 rings (SSSR count). The number of rotatable bonds is 7. The van der Waals surface area contributed by atoms with E-state index in [1.165, 1.54) is 5.56 Å². The van der Waals surface area contributed by atoms with Crippen LogP contribution in [0.25, 0.3) is 0 Å². The van der Waals surface area contributed by atoms with Gasteiger partial charge >= 0.3 is 0 Å². The van der Waals surface area contributed by atoms with E-state index in [2.05, 4.69) is 20.9 Å². The summed E-state index contributed by atoms with van der Waals surface area (Å²) in [5.74, 6) is 0.153. The van der Waals surface area contributed by atoms with Crippen molar-refractivity contribution >= 4 is 78.8 Å². The molecule has 0 bridgehead atoms. The molecule has 0 spiro atoms. The van der Waals surface area contributed by atoms with Crippen LogP contribution >= 0.6 is 47.2 Å². The summed E-state index contributed by atoms with van der Waals surface area (Å²) in [7, 11) is 0. The predicted molar refractivity (Wildman–Crippen MR) is 220 cm³/mol. The number of amides is 2. The molecule has 2 fully saturated rings. The van der Waals surface area contributed by atoms with E-state index in [-0.39, 0.29) is 52.3 Å². The van der Waals surface area contributed by atoms with Gasteiger partial charge in [0.15, 0.2) is 0 Å². The van der Waals surface area contributed by atoms with Crippen molar-refractivity contribution in [3.05, 3.63) is 129 Å². The number of alkyl halides is 1. The summed E-state index contributed by atoms with van der Waals surface area (Å²) in [5.41, 5.74) is 4.88. The summed E-state index contributed by atoms with van der Waals surface area (Å²) in [6.07, 6.45) is 3.37. The molecular formula is C39H48BCl4N4O4. The third kappa shape index (κ3) is 16.7. The molecule has 0 aliphatic carbocycles. The van der Waals surface area contributed by atoms with Gasteiger partial charge in [-0.05, 0) is 123 Å². The number of nitrogens with one attached hydrogen (secondary N) is 3. The zero-order valence-corrected chi connectivity index (χ0v) is 31.3. The quantitative estimate of drug-likeness (QED) is 0.0952. The Labute approximate surface area is 331 Å². The van der Waals surface area contributed by atoms with Crippen LogP contribution in [-0.4, -0.2) is 73.7 Å². The molecule has 2 aliphatic heterocycles. The first-order chi connectivity index (χ1) is 23.7. The highest BCUT2D eigenvalue weighted by Gasteiger charge is 2.17. The lowest BCUT2D eigenvalue weighted by Crippen LogP contribution is -2.35. The van der Waals surface area contributed by atoms with E-state index in [0.717, 1.165) is 75.3 Å². The molecule has 0 aromatic heterocycles. The van der Waals surface area contributed by atoms with Crippen LogP contribution in [0.5, 0.6) is 0 Å². The van der Waals surface area contributed by atoms with Crippen molar-refractivity contribution in [1.29, 1.82) is 0 Å². The Morgan fingerprint density at radius 1 is 0.654 bits per heavy atom. The van der Waals surface area contributed by atoms with Crippen molar-refractivity contribution < 1.29 is 19.8 Å². The second kappa shape index (κ2) is 25.0. The van der Waals surface area contributed by atoms with Crippen LogP contribution in [0.2, 0.25) is 10.0 Å². The summed E-state index contributed by atoms with van der Waals surface area (Å²) in [5, 5.41) is 28.5. The molecule has 8 nitrogen and oxygen atoms in total. The summed E-state index contributed by atoms with van der Waals surface area (Å²) in [6.45, 7) is 4.70. The molecule has 13 heteroatoms. The van der Waals surface area contributed by atoms with Crippen LogP contribution in [0.3, 0.4) is 0 Å². The smallest absolute Gasteiger partial charge is 0.255 e. The Balaban J connectivity index is 0.000000427. The summed E-state index contributed by atoms with van der Waals surface area (Å²) in [4.78, 5) is 26.4. The summed E-state index contributed by atoms with van der Waals surface area (Å²) >= 11 is 17.3. The lowest BCUT2D eigenvalue weighted by atomic mass is 10.1. The topological polar surface area (TPSA) is 114 Å². The van der Waals surface area contributed by atoms with Gasteiger partial charge in [-0.3, -0.25) is 14.5 Å². The van der Waals surface area contributed by atoms with Crippen LogP contribution in [-0.2, 0) is 12.4 Å². The minimum Gasteiger partial charge on any atom is -0.393 e.